The molecule has 0 bridgehead atoms. The number of methoxy groups -OCH3 is 1. The first kappa shape index (κ1) is 19.1. The molecule has 140 valence electrons. The zero-order valence-electron chi connectivity index (χ0n) is 14.4. The molecular weight excluding hydrogens is 436 g/mol. The minimum absolute atomic E-state index is 0.100. The van der Waals surface area contributed by atoms with Crippen molar-refractivity contribution in [2.45, 2.75) is 11.8 Å². The molecular formula is C17H15BrN4O4S. The third-order valence-corrected chi connectivity index (χ3v) is 6.11. The summed E-state index contributed by atoms with van der Waals surface area (Å²) in [4.78, 5) is 15.9. The van der Waals surface area contributed by atoms with Crippen LogP contribution in [0.2, 0.25) is 0 Å². The van der Waals surface area contributed by atoms with E-state index in [1.807, 2.05) is 0 Å². The van der Waals surface area contributed by atoms with E-state index in [2.05, 4.69) is 35.5 Å². The third-order valence-electron chi connectivity index (χ3n) is 3.59. The predicted molar refractivity (Wildman–Crippen MR) is 102 cm³/mol. The fraction of sp³-hybridized carbons (Fsp3) is 0.118. The number of aromatic nitrogens is 3. The van der Waals surface area contributed by atoms with E-state index in [0.29, 0.717) is 11.5 Å². The molecule has 2 aromatic heterocycles. The summed E-state index contributed by atoms with van der Waals surface area (Å²) < 4.78 is 34.5. The Labute approximate surface area is 164 Å². The number of anilines is 1. The summed E-state index contributed by atoms with van der Waals surface area (Å²) in [6, 6.07) is 11.1. The van der Waals surface area contributed by atoms with Crippen LogP contribution in [0.4, 0.5) is 5.82 Å². The second kappa shape index (κ2) is 7.49. The number of ether oxygens (including phenoxy) is 1. The van der Waals surface area contributed by atoms with Crippen molar-refractivity contribution in [2.75, 3.05) is 11.8 Å². The van der Waals surface area contributed by atoms with Crippen molar-refractivity contribution >= 4 is 37.7 Å². The van der Waals surface area contributed by atoms with E-state index in [-0.39, 0.29) is 20.7 Å². The Morgan fingerprint density at radius 1 is 1.22 bits per heavy atom. The van der Waals surface area contributed by atoms with Gasteiger partial charge in [0.1, 0.15) is 10.7 Å². The Kier molecular flexibility index (Phi) is 5.29. The lowest BCUT2D eigenvalue weighted by Crippen LogP contribution is -2.17. The minimum atomic E-state index is -4.02. The molecule has 0 saturated carbocycles. The lowest BCUT2D eigenvalue weighted by atomic mass is 10.2. The molecule has 0 spiro atoms. The van der Waals surface area contributed by atoms with Gasteiger partial charge < -0.3 is 4.74 Å². The molecule has 8 nitrogen and oxygen atoms in total. The zero-order valence-corrected chi connectivity index (χ0v) is 16.8. The van der Waals surface area contributed by atoms with Crippen LogP contribution in [0.3, 0.4) is 0 Å². The van der Waals surface area contributed by atoms with E-state index in [0.717, 1.165) is 0 Å². The number of hydrogen-bond donors (Lipinski definition) is 1. The summed E-state index contributed by atoms with van der Waals surface area (Å²) in [5.41, 5.74) is 0.718. The summed E-state index contributed by atoms with van der Waals surface area (Å²) in [6.45, 7) is 1.74. The lowest BCUT2D eigenvalue weighted by molar-refractivity contribution is 0.0599. The van der Waals surface area contributed by atoms with Crippen molar-refractivity contribution in [3.05, 3.63) is 64.4 Å². The van der Waals surface area contributed by atoms with Gasteiger partial charge in [-0.2, -0.15) is 9.78 Å². The highest BCUT2D eigenvalue weighted by Crippen LogP contribution is 2.28. The maximum atomic E-state index is 12.9. The monoisotopic (exact) mass is 450 g/mol. The highest BCUT2D eigenvalue weighted by Gasteiger charge is 2.24. The van der Waals surface area contributed by atoms with Crippen LogP contribution in [0, 0.1) is 6.92 Å². The van der Waals surface area contributed by atoms with Gasteiger partial charge in [-0.25, -0.2) is 18.2 Å². The first-order chi connectivity index (χ1) is 12.8. The molecule has 1 N–H and O–H groups in total. The minimum Gasteiger partial charge on any atom is -0.465 e. The molecule has 3 aromatic rings. The van der Waals surface area contributed by atoms with Crippen LogP contribution in [0.25, 0.3) is 5.82 Å². The number of sulfonamides is 1. The molecule has 0 amide bonds. The summed E-state index contributed by atoms with van der Waals surface area (Å²) in [7, 11) is -2.79. The molecule has 0 aliphatic carbocycles. The maximum Gasteiger partial charge on any atom is 0.339 e. The average molecular weight is 451 g/mol. The number of carbonyl (C=O) groups excluding carboxylic acids is 1. The second-order valence-corrected chi connectivity index (χ2v) is 7.93. The van der Waals surface area contributed by atoms with Gasteiger partial charge >= 0.3 is 5.97 Å². The van der Waals surface area contributed by atoms with Gasteiger partial charge in [0.15, 0.2) is 5.82 Å². The first-order valence-electron chi connectivity index (χ1n) is 7.71. The van der Waals surface area contributed by atoms with Crippen molar-refractivity contribution in [3.8, 4) is 5.82 Å². The number of rotatable bonds is 5. The SMILES string of the molecule is COC(=O)c1cccc(S(=O)(=O)Nc2cc(C)nn2-c2ccccn2)c1Br. The Morgan fingerprint density at radius 2 is 2.00 bits per heavy atom. The van der Waals surface area contributed by atoms with Crippen LogP contribution in [-0.2, 0) is 14.8 Å². The molecule has 2 heterocycles. The number of aryl methyl sites for hydroxylation is 1. The second-order valence-electron chi connectivity index (χ2n) is 5.49. The Hall–Kier alpha value is -2.72. The van der Waals surface area contributed by atoms with Crippen molar-refractivity contribution in [1.29, 1.82) is 0 Å². The maximum absolute atomic E-state index is 12.9. The number of nitrogens with zero attached hydrogens (tertiary/aromatic N) is 3. The van der Waals surface area contributed by atoms with Crippen molar-refractivity contribution in [2.24, 2.45) is 0 Å². The van der Waals surface area contributed by atoms with E-state index in [1.165, 1.54) is 30.0 Å². The summed E-state index contributed by atoms with van der Waals surface area (Å²) in [6.07, 6.45) is 1.58. The molecule has 0 saturated heterocycles. The predicted octanol–water partition coefficient (Wildman–Crippen LogP) is 2.93. The van der Waals surface area contributed by atoms with E-state index < -0.39 is 16.0 Å². The van der Waals surface area contributed by atoms with Gasteiger partial charge in [-0.1, -0.05) is 12.1 Å². The number of nitrogens with one attached hydrogen (secondary N) is 1. The lowest BCUT2D eigenvalue weighted by Gasteiger charge is -2.12. The van der Waals surface area contributed by atoms with Gasteiger partial charge in [0, 0.05) is 12.3 Å². The number of benzene rings is 1. The van der Waals surface area contributed by atoms with Crippen molar-refractivity contribution in [3.63, 3.8) is 0 Å². The van der Waals surface area contributed by atoms with Gasteiger partial charge in [0.05, 0.1) is 22.8 Å². The number of pyridine rings is 1. The molecule has 3 rings (SSSR count). The quantitative estimate of drug-likeness (QED) is 0.599. The topological polar surface area (TPSA) is 103 Å². The van der Waals surface area contributed by atoms with Gasteiger partial charge in [-0.15, -0.1) is 0 Å². The average Bonchev–Trinajstić information content (AvgIpc) is 3.01. The van der Waals surface area contributed by atoms with Crippen LogP contribution < -0.4 is 4.72 Å². The van der Waals surface area contributed by atoms with Gasteiger partial charge in [0.25, 0.3) is 10.0 Å². The van der Waals surface area contributed by atoms with E-state index in [4.69, 9.17) is 0 Å². The summed E-state index contributed by atoms with van der Waals surface area (Å²) in [5.74, 6) is 0.0422. The molecule has 0 atom stereocenters. The molecule has 0 aliphatic rings. The number of carbonyl (C=O) groups is 1. The van der Waals surface area contributed by atoms with E-state index in [9.17, 15) is 13.2 Å². The Morgan fingerprint density at radius 3 is 2.67 bits per heavy atom. The third kappa shape index (κ3) is 3.86. The Balaban J connectivity index is 2.03. The van der Waals surface area contributed by atoms with E-state index >= 15 is 0 Å². The van der Waals surface area contributed by atoms with Crippen LogP contribution in [0.15, 0.2) is 58.0 Å². The van der Waals surface area contributed by atoms with Gasteiger partial charge in [0.2, 0.25) is 0 Å². The van der Waals surface area contributed by atoms with Crippen molar-refractivity contribution < 1.29 is 17.9 Å². The normalized spacial score (nSPS) is 11.2. The molecule has 10 heteroatoms. The van der Waals surface area contributed by atoms with Crippen LogP contribution in [0.1, 0.15) is 16.1 Å². The standard InChI is InChI=1S/C17H15BrN4O4S/c1-11-10-15(22(20-11)14-8-3-4-9-19-14)21-27(24,25)13-7-5-6-12(16(13)18)17(23)26-2/h3-10,21H,1-2H3. The smallest absolute Gasteiger partial charge is 0.339 e. The van der Waals surface area contributed by atoms with Crippen molar-refractivity contribution in [1.82, 2.24) is 14.8 Å². The highest BCUT2D eigenvalue weighted by molar-refractivity contribution is 9.10. The number of hydrogen-bond acceptors (Lipinski definition) is 6. The fourth-order valence-electron chi connectivity index (χ4n) is 2.40. The zero-order chi connectivity index (χ0) is 19.6. The number of esters is 1. The largest absolute Gasteiger partial charge is 0.465 e. The summed E-state index contributed by atoms with van der Waals surface area (Å²) in [5, 5.41) is 4.28. The fourth-order valence-corrected chi connectivity index (χ4v) is 4.60. The van der Waals surface area contributed by atoms with E-state index in [1.54, 1.807) is 37.4 Å². The molecule has 0 fully saturated rings. The van der Waals surface area contributed by atoms with Crippen LogP contribution in [-0.4, -0.2) is 36.3 Å². The molecule has 0 aliphatic heterocycles. The molecule has 1 aromatic carbocycles. The number of halogens is 1. The molecule has 0 unspecified atom stereocenters. The Bertz CT molecular complexity index is 1100. The summed E-state index contributed by atoms with van der Waals surface area (Å²) >= 11 is 3.19. The molecule has 27 heavy (non-hydrogen) atoms. The molecule has 0 radical (unpaired) electrons. The van der Waals surface area contributed by atoms with Gasteiger partial charge in [-0.3, -0.25) is 4.72 Å². The van der Waals surface area contributed by atoms with Crippen LogP contribution >= 0.6 is 15.9 Å². The van der Waals surface area contributed by atoms with Crippen LogP contribution in [0.5, 0.6) is 0 Å². The first-order valence-corrected chi connectivity index (χ1v) is 9.99. The highest BCUT2D eigenvalue weighted by atomic mass is 79.9. The van der Waals surface area contributed by atoms with Gasteiger partial charge in [-0.05, 0) is 47.1 Å².